The zero-order chi connectivity index (χ0) is 12.1. The third-order valence-electron chi connectivity index (χ3n) is 3.12. The fourth-order valence-corrected chi connectivity index (χ4v) is 2.58. The monoisotopic (exact) mass is 254 g/mol. The maximum absolute atomic E-state index is 11.8. The molecule has 5 nitrogen and oxygen atoms in total. The standard InChI is InChI=1S/C11H18N4OS/c1-8-10(17-15-14-8)7-13-11(16)6-9-2-4-12-5-3-9/h9,12H,2-7H2,1H3,(H,13,16). The first-order chi connectivity index (χ1) is 8.25. The van der Waals surface area contributed by atoms with Gasteiger partial charge in [0.05, 0.1) is 17.1 Å². The predicted molar refractivity (Wildman–Crippen MR) is 66.7 cm³/mol. The van der Waals surface area contributed by atoms with Crippen LogP contribution in [0.1, 0.15) is 29.8 Å². The van der Waals surface area contributed by atoms with Crippen LogP contribution in [0.25, 0.3) is 0 Å². The van der Waals surface area contributed by atoms with Gasteiger partial charge in [-0.15, -0.1) is 5.10 Å². The molecule has 1 amide bonds. The number of nitrogens with one attached hydrogen (secondary N) is 2. The first-order valence-corrected chi connectivity index (χ1v) is 6.78. The molecule has 0 radical (unpaired) electrons. The van der Waals surface area contributed by atoms with Crippen LogP contribution in [-0.4, -0.2) is 28.6 Å². The number of carbonyl (C=O) groups excluding carboxylic acids is 1. The minimum absolute atomic E-state index is 0.143. The van der Waals surface area contributed by atoms with Crippen molar-refractivity contribution >= 4 is 17.4 Å². The van der Waals surface area contributed by atoms with E-state index in [-0.39, 0.29) is 5.91 Å². The summed E-state index contributed by atoms with van der Waals surface area (Å²) in [5.74, 6) is 0.682. The van der Waals surface area contributed by atoms with Gasteiger partial charge in [-0.25, -0.2) is 0 Å². The van der Waals surface area contributed by atoms with Crippen molar-refractivity contribution in [2.24, 2.45) is 5.92 Å². The second-order valence-corrected chi connectivity index (χ2v) is 5.29. The minimum Gasteiger partial charge on any atom is -0.351 e. The molecule has 1 aromatic heterocycles. The van der Waals surface area contributed by atoms with Gasteiger partial charge in [-0.1, -0.05) is 4.49 Å². The van der Waals surface area contributed by atoms with Gasteiger partial charge < -0.3 is 10.6 Å². The average Bonchev–Trinajstić information content (AvgIpc) is 2.74. The van der Waals surface area contributed by atoms with Crippen LogP contribution in [0.3, 0.4) is 0 Å². The molecule has 94 valence electrons. The molecule has 0 saturated carbocycles. The smallest absolute Gasteiger partial charge is 0.220 e. The summed E-state index contributed by atoms with van der Waals surface area (Å²) in [6.07, 6.45) is 2.86. The summed E-state index contributed by atoms with van der Waals surface area (Å²) >= 11 is 1.35. The van der Waals surface area contributed by atoms with Crippen LogP contribution in [0.15, 0.2) is 0 Å². The van der Waals surface area contributed by atoms with E-state index in [1.165, 1.54) is 11.5 Å². The Hall–Kier alpha value is -1.01. The van der Waals surface area contributed by atoms with Crippen molar-refractivity contribution < 1.29 is 4.79 Å². The molecule has 0 unspecified atom stereocenters. The van der Waals surface area contributed by atoms with Gasteiger partial charge in [0.2, 0.25) is 5.91 Å². The highest BCUT2D eigenvalue weighted by molar-refractivity contribution is 7.05. The van der Waals surface area contributed by atoms with E-state index in [4.69, 9.17) is 0 Å². The number of rotatable bonds is 4. The highest BCUT2D eigenvalue weighted by atomic mass is 32.1. The molecule has 17 heavy (non-hydrogen) atoms. The summed E-state index contributed by atoms with van der Waals surface area (Å²) in [7, 11) is 0. The summed E-state index contributed by atoms with van der Waals surface area (Å²) in [6, 6.07) is 0. The Balaban J connectivity index is 1.72. The quantitative estimate of drug-likeness (QED) is 0.836. The van der Waals surface area contributed by atoms with E-state index < -0.39 is 0 Å². The third kappa shape index (κ3) is 3.74. The highest BCUT2D eigenvalue weighted by Crippen LogP contribution is 2.16. The Bertz CT molecular complexity index is 373. The van der Waals surface area contributed by atoms with Crippen molar-refractivity contribution in [2.45, 2.75) is 32.7 Å². The lowest BCUT2D eigenvalue weighted by Crippen LogP contribution is -2.32. The molecule has 1 aliphatic rings. The first-order valence-electron chi connectivity index (χ1n) is 6.01. The summed E-state index contributed by atoms with van der Waals surface area (Å²) < 4.78 is 3.85. The fraction of sp³-hybridized carbons (Fsp3) is 0.727. The number of aryl methyl sites for hydroxylation is 1. The second kappa shape index (κ2) is 6.07. The Kier molecular flexibility index (Phi) is 4.44. The lowest BCUT2D eigenvalue weighted by atomic mass is 9.94. The molecule has 0 bridgehead atoms. The molecule has 1 aliphatic heterocycles. The third-order valence-corrected chi connectivity index (χ3v) is 3.95. The number of piperidine rings is 1. The van der Waals surface area contributed by atoms with Crippen molar-refractivity contribution in [1.29, 1.82) is 0 Å². The molecule has 1 aromatic rings. The largest absolute Gasteiger partial charge is 0.351 e. The molecule has 6 heteroatoms. The van der Waals surface area contributed by atoms with Crippen LogP contribution in [0.4, 0.5) is 0 Å². The van der Waals surface area contributed by atoms with E-state index in [1.54, 1.807) is 0 Å². The summed E-state index contributed by atoms with van der Waals surface area (Å²) in [5.41, 5.74) is 0.914. The molecule has 2 rings (SSSR count). The maximum atomic E-state index is 11.8. The van der Waals surface area contributed by atoms with Gasteiger partial charge in [-0.3, -0.25) is 4.79 Å². The molecule has 0 aromatic carbocycles. The Morgan fingerprint density at radius 3 is 2.94 bits per heavy atom. The Labute approximate surface area is 105 Å². The van der Waals surface area contributed by atoms with Crippen LogP contribution in [0.5, 0.6) is 0 Å². The van der Waals surface area contributed by atoms with Crippen molar-refractivity contribution in [3.8, 4) is 0 Å². The van der Waals surface area contributed by atoms with Crippen molar-refractivity contribution in [2.75, 3.05) is 13.1 Å². The van der Waals surface area contributed by atoms with Crippen LogP contribution in [0, 0.1) is 12.8 Å². The maximum Gasteiger partial charge on any atom is 0.220 e. The Morgan fingerprint density at radius 1 is 1.53 bits per heavy atom. The first kappa shape index (κ1) is 12.4. The molecule has 0 aliphatic carbocycles. The van der Waals surface area contributed by atoms with Gasteiger partial charge in [-0.05, 0) is 50.3 Å². The predicted octanol–water partition coefficient (Wildman–Crippen LogP) is 0.852. The highest BCUT2D eigenvalue weighted by Gasteiger charge is 2.16. The normalized spacial score (nSPS) is 17.0. The van der Waals surface area contributed by atoms with Crippen molar-refractivity contribution in [1.82, 2.24) is 20.2 Å². The Morgan fingerprint density at radius 2 is 2.29 bits per heavy atom. The van der Waals surface area contributed by atoms with Gasteiger partial charge in [-0.2, -0.15) is 0 Å². The molecule has 0 atom stereocenters. The van der Waals surface area contributed by atoms with Gasteiger partial charge in [0.15, 0.2) is 0 Å². The van der Waals surface area contributed by atoms with Gasteiger partial charge in [0.1, 0.15) is 0 Å². The molecule has 2 N–H and O–H groups in total. The number of aromatic nitrogens is 2. The van der Waals surface area contributed by atoms with E-state index in [2.05, 4.69) is 20.2 Å². The fourth-order valence-electron chi connectivity index (χ4n) is 2.01. The molecule has 1 fully saturated rings. The van der Waals surface area contributed by atoms with Crippen LogP contribution < -0.4 is 10.6 Å². The van der Waals surface area contributed by atoms with E-state index in [9.17, 15) is 4.79 Å². The van der Waals surface area contributed by atoms with Gasteiger partial charge in [0, 0.05) is 6.42 Å². The number of nitrogens with zero attached hydrogens (tertiary/aromatic N) is 2. The molecule has 2 heterocycles. The number of carbonyl (C=O) groups is 1. The number of hydrogen-bond donors (Lipinski definition) is 2. The number of hydrogen-bond acceptors (Lipinski definition) is 5. The number of amides is 1. The topological polar surface area (TPSA) is 66.9 Å². The zero-order valence-electron chi connectivity index (χ0n) is 10.0. The second-order valence-electron chi connectivity index (χ2n) is 4.46. The van der Waals surface area contributed by atoms with E-state index in [0.29, 0.717) is 18.9 Å². The van der Waals surface area contributed by atoms with E-state index in [1.807, 2.05) is 6.92 Å². The molecule has 0 spiro atoms. The van der Waals surface area contributed by atoms with Gasteiger partial charge >= 0.3 is 0 Å². The molecular formula is C11H18N4OS. The zero-order valence-corrected chi connectivity index (χ0v) is 10.8. The van der Waals surface area contributed by atoms with Crippen molar-refractivity contribution in [3.05, 3.63) is 10.6 Å². The molecular weight excluding hydrogens is 236 g/mol. The molecule has 1 saturated heterocycles. The SMILES string of the molecule is Cc1nnsc1CNC(=O)CC1CCNCC1. The lowest BCUT2D eigenvalue weighted by Gasteiger charge is -2.21. The van der Waals surface area contributed by atoms with Crippen molar-refractivity contribution in [3.63, 3.8) is 0 Å². The summed E-state index contributed by atoms with van der Waals surface area (Å²) in [5, 5.41) is 10.2. The van der Waals surface area contributed by atoms with E-state index >= 15 is 0 Å². The van der Waals surface area contributed by atoms with E-state index in [0.717, 1.165) is 36.5 Å². The minimum atomic E-state index is 0.143. The average molecular weight is 254 g/mol. The van der Waals surface area contributed by atoms with Crippen LogP contribution in [-0.2, 0) is 11.3 Å². The van der Waals surface area contributed by atoms with Crippen LogP contribution >= 0.6 is 11.5 Å². The summed E-state index contributed by atoms with van der Waals surface area (Å²) in [6.45, 7) is 4.55. The van der Waals surface area contributed by atoms with Gasteiger partial charge in [0.25, 0.3) is 0 Å². The van der Waals surface area contributed by atoms with Crippen LogP contribution in [0.2, 0.25) is 0 Å². The lowest BCUT2D eigenvalue weighted by molar-refractivity contribution is -0.122. The summed E-state index contributed by atoms with van der Waals surface area (Å²) in [4.78, 5) is 12.8.